The third kappa shape index (κ3) is 6.38. The van der Waals surface area contributed by atoms with E-state index < -0.39 is 0 Å². The molecule has 2 amide bonds. The molecule has 1 aliphatic rings. The van der Waals surface area contributed by atoms with E-state index in [0.29, 0.717) is 47.4 Å². The van der Waals surface area contributed by atoms with E-state index in [1.807, 2.05) is 12.1 Å². The Morgan fingerprint density at radius 1 is 0.970 bits per heavy atom. The van der Waals surface area contributed by atoms with Gasteiger partial charge in [0.1, 0.15) is 11.5 Å². The largest absolute Gasteiger partial charge is 0.497 e. The number of methoxy groups -OCH3 is 3. The summed E-state index contributed by atoms with van der Waals surface area (Å²) in [5, 5.41) is 5.78. The van der Waals surface area contributed by atoms with Gasteiger partial charge in [-0.2, -0.15) is 0 Å². The van der Waals surface area contributed by atoms with Gasteiger partial charge in [0, 0.05) is 49.7 Å². The normalized spacial score (nSPS) is 14.0. The lowest BCUT2D eigenvalue weighted by Gasteiger charge is -2.33. The van der Waals surface area contributed by atoms with E-state index in [2.05, 4.69) is 22.5 Å². The Balaban J connectivity index is 1.85. The van der Waals surface area contributed by atoms with Gasteiger partial charge in [0.15, 0.2) is 0 Å². The molecule has 0 bridgehead atoms. The number of carbonyl (C=O) groups excluding carboxylic acids is 2. The first kappa shape index (κ1) is 24.4. The van der Waals surface area contributed by atoms with Gasteiger partial charge in [0.05, 0.1) is 26.4 Å². The van der Waals surface area contributed by atoms with Crippen molar-refractivity contribution in [1.82, 2.24) is 5.32 Å². The van der Waals surface area contributed by atoms with Crippen molar-refractivity contribution < 1.29 is 23.8 Å². The summed E-state index contributed by atoms with van der Waals surface area (Å²) in [4.78, 5) is 28.1. The molecule has 0 saturated carbocycles. The van der Waals surface area contributed by atoms with Crippen molar-refractivity contribution in [3.63, 3.8) is 0 Å². The lowest BCUT2D eigenvalue weighted by atomic mass is 9.97. The van der Waals surface area contributed by atoms with Gasteiger partial charge in [0.2, 0.25) is 0 Å². The summed E-state index contributed by atoms with van der Waals surface area (Å²) >= 11 is 0. The van der Waals surface area contributed by atoms with Gasteiger partial charge in [-0.25, -0.2) is 0 Å². The van der Waals surface area contributed by atoms with Crippen LogP contribution in [-0.2, 0) is 4.74 Å². The molecule has 8 heteroatoms. The maximum atomic E-state index is 13.0. The second-order valence-electron chi connectivity index (χ2n) is 8.21. The summed E-state index contributed by atoms with van der Waals surface area (Å²) in [6.07, 6.45) is 2.17. The van der Waals surface area contributed by atoms with E-state index >= 15 is 0 Å². The Kier molecular flexibility index (Phi) is 8.54. The number of anilines is 2. The standard InChI is InChI=1S/C25H33N3O5/c1-17-7-10-28(11-8-17)23-6-5-19(15-22(23)25(30)26-9-12-31-2)27-24(29)18-13-20(32-3)16-21(14-18)33-4/h5-6,13-17H,7-12H2,1-4H3,(H,26,30)(H,27,29). The number of carbonyl (C=O) groups is 2. The number of amides is 2. The Hall–Kier alpha value is -3.26. The lowest BCUT2D eigenvalue weighted by Crippen LogP contribution is -2.35. The minimum atomic E-state index is -0.322. The summed E-state index contributed by atoms with van der Waals surface area (Å²) < 4.78 is 15.6. The highest BCUT2D eigenvalue weighted by Crippen LogP contribution is 2.29. The molecule has 0 radical (unpaired) electrons. The number of hydrogen-bond donors (Lipinski definition) is 2. The van der Waals surface area contributed by atoms with Gasteiger partial charge in [-0.3, -0.25) is 9.59 Å². The molecule has 0 aliphatic carbocycles. The van der Waals surface area contributed by atoms with Crippen LogP contribution in [0, 0.1) is 5.92 Å². The number of hydrogen-bond acceptors (Lipinski definition) is 6. The van der Waals surface area contributed by atoms with E-state index in [-0.39, 0.29) is 11.8 Å². The number of nitrogens with zero attached hydrogens (tertiary/aromatic N) is 1. The van der Waals surface area contributed by atoms with Crippen molar-refractivity contribution in [2.45, 2.75) is 19.8 Å². The van der Waals surface area contributed by atoms with Gasteiger partial charge < -0.3 is 29.7 Å². The highest BCUT2D eigenvalue weighted by atomic mass is 16.5. The van der Waals surface area contributed by atoms with Gasteiger partial charge >= 0.3 is 0 Å². The molecule has 8 nitrogen and oxygen atoms in total. The number of piperidine rings is 1. The van der Waals surface area contributed by atoms with Crippen LogP contribution < -0.4 is 25.0 Å². The molecule has 1 aliphatic heterocycles. The first-order valence-corrected chi connectivity index (χ1v) is 11.2. The predicted octanol–water partition coefficient (Wildman–Crippen LogP) is 3.57. The molecule has 1 heterocycles. The Bertz CT molecular complexity index is 948. The van der Waals surface area contributed by atoms with Gasteiger partial charge in [-0.05, 0) is 49.1 Å². The quantitative estimate of drug-likeness (QED) is 0.562. The van der Waals surface area contributed by atoms with Gasteiger partial charge in [-0.15, -0.1) is 0 Å². The molecule has 1 fully saturated rings. The van der Waals surface area contributed by atoms with Crippen molar-refractivity contribution in [1.29, 1.82) is 0 Å². The Morgan fingerprint density at radius 2 is 1.64 bits per heavy atom. The molecule has 178 valence electrons. The number of nitrogens with one attached hydrogen (secondary N) is 2. The fraction of sp³-hybridized carbons (Fsp3) is 0.440. The van der Waals surface area contributed by atoms with E-state index in [4.69, 9.17) is 14.2 Å². The van der Waals surface area contributed by atoms with Crippen LogP contribution >= 0.6 is 0 Å². The van der Waals surface area contributed by atoms with E-state index in [1.54, 1.807) is 31.4 Å². The Morgan fingerprint density at radius 3 is 2.24 bits per heavy atom. The third-order valence-electron chi connectivity index (χ3n) is 5.83. The molecule has 2 N–H and O–H groups in total. The lowest BCUT2D eigenvalue weighted by molar-refractivity contribution is 0.0936. The number of ether oxygens (including phenoxy) is 3. The van der Waals surface area contributed by atoms with Crippen molar-refractivity contribution in [2.24, 2.45) is 5.92 Å². The average molecular weight is 456 g/mol. The molecular formula is C25H33N3O5. The summed E-state index contributed by atoms with van der Waals surface area (Å²) in [5.74, 6) is 1.20. The van der Waals surface area contributed by atoms with Gasteiger partial charge in [-0.1, -0.05) is 6.92 Å². The van der Waals surface area contributed by atoms with Crippen LogP contribution in [0.25, 0.3) is 0 Å². The van der Waals surface area contributed by atoms with Crippen LogP contribution in [-0.4, -0.2) is 59.4 Å². The molecule has 0 unspecified atom stereocenters. The molecule has 0 atom stereocenters. The second-order valence-corrected chi connectivity index (χ2v) is 8.21. The van der Waals surface area contributed by atoms with Crippen LogP contribution in [0.15, 0.2) is 36.4 Å². The molecule has 0 aromatic heterocycles. The summed E-state index contributed by atoms with van der Waals surface area (Å²) in [7, 11) is 4.66. The zero-order chi connectivity index (χ0) is 23.8. The first-order chi connectivity index (χ1) is 15.9. The van der Waals surface area contributed by atoms with Crippen LogP contribution in [0.3, 0.4) is 0 Å². The fourth-order valence-electron chi connectivity index (χ4n) is 3.82. The SMILES string of the molecule is COCCNC(=O)c1cc(NC(=O)c2cc(OC)cc(OC)c2)ccc1N1CCC(C)CC1. The maximum absolute atomic E-state index is 13.0. The zero-order valence-corrected chi connectivity index (χ0v) is 19.8. The Labute approximate surface area is 195 Å². The molecule has 1 saturated heterocycles. The van der Waals surface area contributed by atoms with Crippen LogP contribution in [0.5, 0.6) is 11.5 Å². The monoisotopic (exact) mass is 455 g/mol. The summed E-state index contributed by atoms with van der Waals surface area (Å²) in [6, 6.07) is 10.4. The highest BCUT2D eigenvalue weighted by molar-refractivity contribution is 6.06. The van der Waals surface area contributed by atoms with Crippen molar-refractivity contribution in [3.05, 3.63) is 47.5 Å². The van der Waals surface area contributed by atoms with Crippen molar-refractivity contribution in [3.8, 4) is 11.5 Å². The molecule has 2 aromatic rings. The molecule has 2 aromatic carbocycles. The average Bonchev–Trinajstić information content (AvgIpc) is 2.84. The first-order valence-electron chi connectivity index (χ1n) is 11.2. The minimum absolute atomic E-state index is 0.195. The molecule has 0 spiro atoms. The van der Waals surface area contributed by atoms with Crippen LogP contribution in [0.4, 0.5) is 11.4 Å². The van der Waals surface area contributed by atoms with E-state index in [0.717, 1.165) is 31.6 Å². The van der Waals surface area contributed by atoms with Gasteiger partial charge in [0.25, 0.3) is 11.8 Å². The van der Waals surface area contributed by atoms with E-state index in [9.17, 15) is 9.59 Å². The smallest absolute Gasteiger partial charge is 0.255 e. The van der Waals surface area contributed by atoms with Crippen LogP contribution in [0.2, 0.25) is 0 Å². The van der Waals surface area contributed by atoms with E-state index in [1.165, 1.54) is 14.2 Å². The summed E-state index contributed by atoms with van der Waals surface area (Å²) in [5.41, 5.74) is 2.33. The second kappa shape index (κ2) is 11.6. The maximum Gasteiger partial charge on any atom is 0.255 e. The molecule has 3 rings (SSSR count). The fourth-order valence-corrected chi connectivity index (χ4v) is 3.82. The number of rotatable bonds is 9. The molecular weight excluding hydrogens is 422 g/mol. The topological polar surface area (TPSA) is 89.1 Å². The number of benzene rings is 2. The highest BCUT2D eigenvalue weighted by Gasteiger charge is 2.22. The van der Waals surface area contributed by atoms with Crippen LogP contribution in [0.1, 0.15) is 40.5 Å². The van der Waals surface area contributed by atoms with Crippen molar-refractivity contribution >= 4 is 23.2 Å². The summed E-state index contributed by atoms with van der Waals surface area (Å²) in [6.45, 7) is 4.88. The predicted molar refractivity (Wildman–Crippen MR) is 129 cm³/mol. The zero-order valence-electron chi connectivity index (χ0n) is 19.8. The van der Waals surface area contributed by atoms with Crippen molar-refractivity contribution in [2.75, 3.05) is 57.8 Å². The third-order valence-corrected chi connectivity index (χ3v) is 5.83. The minimum Gasteiger partial charge on any atom is -0.497 e. The molecule has 33 heavy (non-hydrogen) atoms.